The van der Waals surface area contributed by atoms with Crippen molar-refractivity contribution in [1.29, 1.82) is 0 Å². The summed E-state index contributed by atoms with van der Waals surface area (Å²) in [4.78, 5) is 42.3. The molecule has 4 aromatic carbocycles. The molecule has 0 spiro atoms. The van der Waals surface area contributed by atoms with Gasteiger partial charge in [-0.05, 0) is 102 Å². The Bertz CT molecular complexity index is 1950. The molecule has 264 valence electrons. The average Bonchev–Trinajstić information content (AvgIpc) is 3.00. The lowest BCUT2D eigenvalue weighted by Gasteiger charge is -2.22. The quantitative estimate of drug-likeness (QED) is 0.132. The van der Waals surface area contributed by atoms with Crippen molar-refractivity contribution in [3.8, 4) is 23.0 Å². The maximum atomic E-state index is 14.4. The van der Waals surface area contributed by atoms with Crippen LogP contribution in [0.5, 0.6) is 23.0 Å². The second-order valence-electron chi connectivity index (χ2n) is 14.4. The number of carbonyl (C=O) groups is 3. The molecule has 4 aromatic rings. The SMILES string of the molecule is Cc1ccc(C(C)C)c(OC(=O)c2c(C)ccc(C(C)C)c2OC(=O)c2c(C)ccc(C(C)C)c2OC(=O)c2c(C)ccc(C(C)C)c2O)c1. The fraction of sp³-hybridized carbons (Fsp3) is 0.372. The van der Waals surface area contributed by atoms with Crippen LogP contribution in [0.1, 0.15) is 155 Å². The number of phenols is 1. The fourth-order valence-corrected chi connectivity index (χ4v) is 6.11. The minimum Gasteiger partial charge on any atom is -0.507 e. The molecule has 1 N–H and O–H groups in total. The van der Waals surface area contributed by atoms with Gasteiger partial charge in [-0.3, -0.25) is 0 Å². The number of benzene rings is 4. The van der Waals surface area contributed by atoms with Crippen molar-refractivity contribution < 1.29 is 33.7 Å². The van der Waals surface area contributed by atoms with E-state index in [1.165, 1.54) is 0 Å². The zero-order valence-corrected chi connectivity index (χ0v) is 31.4. The summed E-state index contributed by atoms with van der Waals surface area (Å²) in [6, 6.07) is 16.6. The van der Waals surface area contributed by atoms with Gasteiger partial charge in [-0.1, -0.05) is 104 Å². The molecule has 4 rings (SSSR count). The maximum absolute atomic E-state index is 14.4. The minimum atomic E-state index is -0.787. The second-order valence-corrected chi connectivity index (χ2v) is 14.4. The molecule has 0 saturated heterocycles. The van der Waals surface area contributed by atoms with E-state index in [9.17, 15) is 19.5 Å². The Morgan fingerprint density at radius 1 is 0.480 bits per heavy atom. The Morgan fingerprint density at radius 2 is 0.840 bits per heavy atom. The number of esters is 3. The molecule has 50 heavy (non-hydrogen) atoms. The largest absolute Gasteiger partial charge is 0.507 e. The van der Waals surface area contributed by atoms with Crippen LogP contribution in [-0.2, 0) is 0 Å². The standard InChI is InChI=1S/C43H50O7/c1-22(2)30-17-13-26(9)21-34(30)48-42(46)36-28(11)15-19-32(24(5)6)39(36)50-43(47)37-29(12)16-20-33(25(7)8)40(37)49-41(45)35-27(10)14-18-31(23(3)4)38(35)44/h13-25,44H,1-12H3. The summed E-state index contributed by atoms with van der Waals surface area (Å²) in [5, 5.41) is 11.1. The monoisotopic (exact) mass is 678 g/mol. The number of hydrogen-bond acceptors (Lipinski definition) is 7. The highest BCUT2D eigenvalue weighted by atomic mass is 16.6. The normalized spacial score (nSPS) is 11.4. The maximum Gasteiger partial charge on any atom is 0.347 e. The topological polar surface area (TPSA) is 99.1 Å². The third kappa shape index (κ3) is 7.77. The molecule has 0 aliphatic carbocycles. The molecule has 0 saturated carbocycles. The number of aromatic hydroxyl groups is 1. The summed E-state index contributed by atoms with van der Waals surface area (Å²) >= 11 is 0. The van der Waals surface area contributed by atoms with E-state index in [1.54, 1.807) is 39.0 Å². The number of carbonyl (C=O) groups excluding carboxylic acids is 3. The first kappa shape index (κ1) is 37.9. The van der Waals surface area contributed by atoms with Crippen LogP contribution in [0.4, 0.5) is 0 Å². The van der Waals surface area contributed by atoms with E-state index >= 15 is 0 Å². The number of rotatable bonds is 10. The van der Waals surface area contributed by atoms with Crippen molar-refractivity contribution in [2.75, 3.05) is 0 Å². The molecule has 0 aliphatic rings. The lowest BCUT2D eigenvalue weighted by molar-refractivity contribution is 0.0695. The van der Waals surface area contributed by atoms with Gasteiger partial charge in [-0.25, -0.2) is 14.4 Å². The van der Waals surface area contributed by atoms with Crippen molar-refractivity contribution in [2.45, 2.75) is 107 Å². The van der Waals surface area contributed by atoms with Crippen molar-refractivity contribution >= 4 is 17.9 Å². The molecule has 0 aliphatic heterocycles. The summed E-state index contributed by atoms with van der Waals surface area (Å²) in [6.45, 7) is 22.8. The first-order valence-electron chi connectivity index (χ1n) is 17.3. The smallest absolute Gasteiger partial charge is 0.347 e. The van der Waals surface area contributed by atoms with Crippen molar-refractivity contribution in [3.63, 3.8) is 0 Å². The first-order valence-corrected chi connectivity index (χ1v) is 17.3. The predicted octanol–water partition coefficient (Wildman–Crippen LogP) is 10.8. The van der Waals surface area contributed by atoms with Crippen molar-refractivity contribution in [1.82, 2.24) is 0 Å². The Balaban J connectivity index is 1.85. The number of hydrogen-bond donors (Lipinski definition) is 1. The van der Waals surface area contributed by atoms with Crippen LogP contribution in [0.2, 0.25) is 0 Å². The second kappa shape index (κ2) is 15.3. The third-order valence-corrected chi connectivity index (χ3v) is 9.07. The van der Waals surface area contributed by atoms with Gasteiger partial charge in [0, 0.05) is 0 Å². The van der Waals surface area contributed by atoms with Crippen molar-refractivity contribution in [2.24, 2.45) is 0 Å². The lowest BCUT2D eigenvalue weighted by atomic mass is 9.94. The zero-order chi connectivity index (χ0) is 37.2. The van der Waals surface area contributed by atoms with Crippen LogP contribution >= 0.6 is 0 Å². The van der Waals surface area contributed by atoms with Crippen LogP contribution in [0.15, 0.2) is 54.6 Å². The molecule has 0 fully saturated rings. The Hall–Kier alpha value is -4.91. The number of aryl methyl sites for hydroxylation is 4. The Labute approximate surface area is 296 Å². The van der Waals surface area contributed by atoms with Gasteiger partial charge >= 0.3 is 17.9 Å². The molecule has 0 amide bonds. The van der Waals surface area contributed by atoms with Gasteiger partial charge in [0.15, 0.2) is 0 Å². The Kier molecular flexibility index (Phi) is 11.6. The molecular formula is C43H50O7. The van der Waals surface area contributed by atoms with E-state index < -0.39 is 17.9 Å². The van der Waals surface area contributed by atoms with Crippen molar-refractivity contribution in [3.05, 3.63) is 116 Å². The highest BCUT2D eigenvalue weighted by Gasteiger charge is 2.31. The summed E-state index contributed by atoms with van der Waals surface area (Å²) in [5.74, 6) is -1.95. The van der Waals surface area contributed by atoms with Gasteiger partial charge < -0.3 is 19.3 Å². The molecule has 0 heterocycles. The molecule has 0 radical (unpaired) electrons. The van der Waals surface area contributed by atoms with E-state index in [4.69, 9.17) is 14.2 Å². The molecular weight excluding hydrogens is 628 g/mol. The van der Waals surface area contributed by atoms with E-state index in [2.05, 4.69) is 0 Å². The number of ether oxygens (including phenoxy) is 3. The summed E-state index contributed by atoms with van der Waals surface area (Å²) in [5.41, 5.74) is 5.56. The van der Waals surface area contributed by atoms with Crippen LogP contribution in [-0.4, -0.2) is 23.0 Å². The van der Waals surface area contributed by atoms with Gasteiger partial charge in [-0.2, -0.15) is 0 Å². The minimum absolute atomic E-state index is 0.0360. The van der Waals surface area contributed by atoms with Crippen LogP contribution in [0.3, 0.4) is 0 Å². The molecule has 0 aromatic heterocycles. The van der Waals surface area contributed by atoms with Crippen LogP contribution in [0.25, 0.3) is 0 Å². The van der Waals surface area contributed by atoms with Gasteiger partial charge in [0.2, 0.25) is 0 Å². The summed E-state index contributed by atoms with van der Waals surface area (Å²) < 4.78 is 18.3. The van der Waals surface area contributed by atoms with Crippen LogP contribution in [0, 0.1) is 27.7 Å². The summed E-state index contributed by atoms with van der Waals surface area (Å²) in [6.07, 6.45) is 0. The zero-order valence-electron chi connectivity index (χ0n) is 31.4. The average molecular weight is 679 g/mol. The molecule has 0 bridgehead atoms. The number of phenolic OH excluding ortho intramolecular Hbond substituents is 1. The highest BCUT2D eigenvalue weighted by Crippen LogP contribution is 2.39. The van der Waals surface area contributed by atoms with E-state index in [1.807, 2.05) is 98.7 Å². The summed E-state index contributed by atoms with van der Waals surface area (Å²) in [7, 11) is 0. The van der Waals surface area contributed by atoms with Gasteiger partial charge in [0.25, 0.3) is 0 Å². The van der Waals surface area contributed by atoms with E-state index in [0.717, 1.165) is 11.1 Å². The first-order chi connectivity index (χ1) is 23.4. The highest BCUT2D eigenvalue weighted by molar-refractivity contribution is 6.02. The van der Waals surface area contributed by atoms with Gasteiger partial charge in [-0.15, -0.1) is 0 Å². The fourth-order valence-electron chi connectivity index (χ4n) is 6.11. The molecule has 7 nitrogen and oxygen atoms in total. The molecule has 0 atom stereocenters. The lowest BCUT2D eigenvalue weighted by Crippen LogP contribution is -2.21. The van der Waals surface area contributed by atoms with E-state index in [0.29, 0.717) is 39.1 Å². The molecule has 0 unspecified atom stereocenters. The van der Waals surface area contributed by atoms with Gasteiger partial charge in [0.05, 0.1) is 0 Å². The van der Waals surface area contributed by atoms with Gasteiger partial charge in [0.1, 0.15) is 39.7 Å². The predicted molar refractivity (Wildman–Crippen MR) is 198 cm³/mol. The van der Waals surface area contributed by atoms with E-state index in [-0.39, 0.29) is 57.6 Å². The Morgan fingerprint density at radius 3 is 1.28 bits per heavy atom. The third-order valence-electron chi connectivity index (χ3n) is 9.07. The van der Waals surface area contributed by atoms with Crippen LogP contribution < -0.4 is 14.2 Å². The molecule has 7 heteroatoms.